The van der Waals surface area contributed by atoms with Crippen molar-refractivity contribution in [2.45, 2.75) is 25.6 Å². The topological polar surface area (TPSA) is 15.3 Å². The summed E-state index contributed by atoms with van der Waals surface area (Å²) < 4.78 is 52.2. The van der Waals surface area contributed by atoms with Gasteiger partial charge in [0.15, 0.2) is 0 Å². The lowest BCUT2D eigenvalue weighted by molar-refractivity contribution is -0.137. The van der Waals surface area contributed by atoms with Gasteiger partial charge in [-0.2, -0.15) is 13.2 Å². The molecule has 1 fully saturated rings. The van der Waals surface area contributed by atoms with Gasteiger partial charge in [0.1, 0.15) is 5.82 Å². The lowest BCUT2D eigenvalue weighted by atomic mass is 9.99. The van der Waals surface area contributed by atoms with E-state index in [4.69, 9.17) is 0 Å². The fraction of sp³-hybridized carbons (Fsp3) is 0.571. The van der Waals surface area contributed by atoms with Crippen LogP contribution in [0.4, 0.5) is 17.6 Å². The predicted molar refractivity (Wildman–Crippen MR) is 76.1 cm³/mol. The van der Waals surface area contributed by atoms with E-state index in [0.717, 1.165) is 31.3 Å². The Hall–Kier alpha value is -0.850. The normalized spacial score (nSPS) is 18.1. The highest BCUT2D eigenvalue weighted by molar-refractivity contribution is 5.85. The average molecular weight is 327 g/mol. The number of nitrogens with one attached hydrogen (secondary N) is 1. The van der Waals surface area contributed by atoms with E-state index < -0.39 is 17.6 Å². The summed E-state index contributed by atoms with van der Waals surface area (Å²) in [7, 11) is 0. The molecule has 2 nitrogen and oxygen atoms in total. The van der Waals surface area contributed by atoms with E-state index in [1.165, 1.54) is 0 Å². The van der Waals surface area contributed by atoms with E-state index in [0.29, 0.717) is 19.5 Å². The Kier molecular flexibility index (Phi) is 6.43. The second-order valence-corrected chi connectivity index (χ2v) is 4.94. The second kappa shape index (κ2) is 7.42. The van der Waals surface area contributed by atoms with Crippen molar-refractivity contribution >= 4 is 12.4 Å². The van der Waals surface area contributed by atoms with Crippen molar-refractivity contribution in [2.75, 3.05) is 26.2 Å². The van der Waals surface area contributed by atoms with Gasteiger partial charge in [-0.25, -0.2) is 4.39 Å². The van der Waals surface area contributed by atoms with Crippen LogP contribution in [0.2, 0.25) is 0 Å². The standard InChI is InChI=1S/C14H18F4N2.ClH/c1-2-13(20-7-5-19-6-8-20)11-9-10(14(16,17)18)3-4-12(11)15;/h3-4,9,13,19H,2,5-8H2,1H3;1H/t13-;/m0./s1. The molecule has 1 aromatic rings. The molecule has 0 saturated carbocycles. The fourth-order valence-electron chi connectivity index (χ4n) is 2.64. The van der Waals surface area contributed by atoms with Gasteiger partial charge in [-0.05, 0) is 24.6 Å². The first-order valence-corrected chi connectivity index (χ1v) is 6.75. The van der Waals surface area contributed by atoms with Crippen LogP contribution in [0, 0.1) is 5.82 Å². The molecule has 7 heteroatoms. The quantitative estimate of drug-likeness (QED) is 0.853. The molecular formula is C14H19ClF4N2. The predicted octanol–water partition coefficient (Wildman–Crippen LogP) is 3.62. The molecule has 1 N–H and O–H groups in total. The van der Waals surface area contributed by atoms with Gasteiger partial charge in [0, 0.05) is 37.8 Å². The van der Waals surface area contributed by atoms with Crippen molar-refractivity contribution in [1.82, 2.24) is 10.2 Å². The molecule has 1 saturated heterocycles. The number of halogens is 5. The molecule has 120 valence electrons. The first kappa shape index (κ1) is 18.2. The number of piperazine rings is 1. The molecule has 0 amide bonds. The molecule has 0 spiro atoms. The smallest absolute Gasteiger partial charge is 0.314 e. The van der Waals surface area contributed by atoms with E-state index in [-0.39, 0.29) is 24.0 Å². The van der Waals surface area contributed by atoms with Crippen molar-refractivity contribution in [3.05, 3.63) is 35.1 Å². The lowest BCUT2D eigenvalue weighted by Gasteiger charge is -2.35. The molecule has 1 heterocycles. The highest BCUT2D eigenvalue weighted by Gasteiger charge is 2.32. The molecular weight excluding hydrogens is 308 g/mol. The molecule has 0 unspecified atom stereocenters. The highest BCUT2D eigenvalue weighted by atomic mass is 35.5. The molecule has 0 aromatic heterocycles. The fourth-order valence-corrected chi connectivity index (χ4v) is 2.64. The summed E-state index contributed by atoms with van der Waals surface area (Å²) in [6.45, 7) is 4.85. The first-order valence-electron chi connectivity index (χ1n) is 6.75. The Morgan fingerprint density at radius 2 is 1.86 bits per heavy atom. The van der Waals surface area contributed by atoms with Crippen LogP contribution in [-0.4, -0.2) is 31.1 Å². The van der Waals surface area contributed by atoms with Gasteiger partial charge in [-0.3, -0.25) is 4.90 Å². The van der Waals surface area contributed by atoms with E-state index in [2.05, 4.69) is 5.32 Å². The maximum absolute atomic E-state index is 13.9. The third-order valence-corrected chi connectivity index (χ3v) is 3.66. The summed E-state index contributed by atoms with van der Waals surface area (Å²) in [6.07, 6.45) is -3.86. The van der Waals surface area contributed by atoms with Crippen LogP contribution in [0.25, 0.3) is 0 Å². The van der Waals surface area contributed by atoms with Crippen LogP contribution in [0.3, 0.4) is 0 Å². The molecule has 0 aliphatic carbocycles. The highest BCUT2D eigenvalue weighted by Crippen LogP contribution is 2.34. The first-order chi connectivity index (χ1) is 9.43. The number of hydrogen-bond acceptors (Lipinski definition) is 2. The Balaban J connectivity index is 0.00000220. The van der Waals surface area contributed by atoms with Crippen LogP contribution >= 0.6 is 12.4 Å². The van der Waals surface area contributed by atoms with Gasteiger partial charge in [-0.1, -0.05) is 6.92 Å². The van der Waals surface area contributed by atoms with E-state index in [9.17, 15) is 17.6 Å². The maximum atomic E-state index is 13.9. The molecule has 21 heavy (non-hydrogen) atoms. The molecule has 2 rings (SSSR count). The SMILES string of the molecule is CC[C@@H](c1cc(C(F)(F)F)ccc1F)N1CCNCC1.Cl. The minimum atomic E-state index is -4.44. The van der Waals surface area contributed by atoms with Crippen molar-refractivity contribution in [3.8, 4) is 0 Å². The number of nitrogens with zero attached hydrogens (tertiary/aromatic N) is 1. The van der Waals surface area contributed by atoms with Crippen LogP contribution < -0.4 is 5.32 Å². The number of benzene rings is 1. The van der Waals surface area contributed by atoms with E-state index >= 15 is 0 Å². The van der Waals surface area contributed by atoms with Crippen molar-refractivity contribution in [2.24, 2.45) is 0 Å². The van der Waals surface area contributed by atoms with E-state index in [1.54, 1.807) is 0 Å². The van der Waals surface area contributed by atoms with Gasteiger partial charge in [-0.15, -0.1) is 12.4 Å². The largest absolute Gasteiger partial charge is 0.416 e. The summed E-state index contributed by atoms with van der Waals surface area (Å²) in [5.41, 5.74) is -0.647. The molecule has 0 bridgehead atoms. The Labute approximate surface area is 127 Å². The van der Waals surface area contributed by atoms with E-state index in [1.807, 2.05) is 11.8 Å². The van der Waals surface area contributed by atoms with Crippen molar-refractivity contribution in [3.63, 3.8) is 0 Å². The minimum Gasteiger partial charge on any atom is -0.314 e. The molecule has 1 aliphatic rings. The van der Waals surface area contributed by atoms with Crippen molar-refractivity contribution < 1.29 is 17.6 Å². The third-order valence-electron chi connectivity index (χ3n) is 3.66. The summed E-state index contributed by atoms with van der Waals surface area (Å²) in [6, 6.07) is 2.36. The van der Waals surface area contributed by atoms with Gasteiger partial charge in [0.2, 0.25) is 0 Å². The maximum Gasteiger partial charge on any atom is 0.416 e. The Morgan fingerprint density at radius 1 is 1.24 bits per heavy atom. The van der Waals surface area contributed by atoms with Crippen LogP contribution in [0.5, 0.6) is 0 Å². The zero-order valence-corrected chi connectivity index (χ0v) is 12.5. The van der Waals surface area contributed by atoms with Crippen molar-refractivity contribution in [1.29, 1.82) is 0 Å². The summed E-state index contributed by atoms with van der Waals surface area (Å²) in [4.78, 5) is 2.04. The Morgan fingerprint density at radius 3 is 2.38 bits per heavy atom. The lowest BCUT2D eigenvalue weighted by Crippen LogP contribution is -2.45. The number of alkyl halides is 3. The summed E-state index contributed by atoms with van der Waals surface area (Å²) in [5, 5.41) is 3.18. The summed E-state index contributed by atoms with van der Waals surface area (Å²) in [5.74, 6) is -0.566. The summed E-state index contributed by atoms with van der Waals surface area (Å²) >= 11 is 0. The van der Waals surface area contributed by atoms with Crippen LogP contribution in [-0.2, 0) is 6.18 Å². The second-order valence-electron chi connectivity index (χ2n) is 4.94. The zero-order valence-electron chi connectivity index (χ0n) is 11.7. The number of rotatable bonds is 3. The minimum absolute atomic E-state index is 0. The van der Waals surface area contributed by atoms with Gasteiger partial charge < -0.3 is 5.32 Å². The zero-order chi connectivity index (χ0) is 14.8. The molecule has 1 aromatic carbocycles. The van der Waals surface area contributed by atoms with Crippen LogP contribution in [0.15, 0.2) is 18.2 Å². The number of hydrogen-bond donors (Lipinski definition) is 1. The molecule has 0 radical (unpaired) electrons. The van der Waals surface area contributed by atoms with Gasteiger partial charge in [0.05, 0.1) is 5.56 Å². The van der Waals surface area contributed by atoms with Gasteiger partial charge >= 0.3 is 6.18 Å². The van der Waals surface area contributed by atoms with Crippen LogP contribution in [0.1, 0.15) is 30.5 Å². The third kappa shape index (κ3) is 4.31. The monoisotopic (exact) mass is 326 g/mol. The molecule has 1 atom stereocenters. The van der Waals surface area contributed by atoms with Gasteiger partial charge in [0.25, 0.3) is 0 Å². The Bertz CT molecular complexity index is 459. The average Bonchev–Trinajstić information content (AvgIpc) is 2.41. The molecule has 1 aliphatic heterocycles.